The van der Waals surface area contributed by atoms with E-state index in [0.717, 1.165) is 21.8 Å². The topological polar surface area (TPSA) is 64.9 Å². The molecule has 106 valence electrons. The highest BCUT2D eigenvalue weighted by Gasteiger charge is 2.28. The van der Waals surface area contributed by atoms with Crippen LogP contribution in [0, 0.1) is 5.92 Å². The molecule has 1 aliphatic carbocycles. The molecule has 1 aliphatic rings. The first kappa shape index (κ1) is 13.6. The van der Waals surface area contributed by atoms with E-state index in [1.807, 2.05) is 18.2 Å². The van der Waals surface area contributed by atoms with Crippen molar-refractivity contribution < 1.29 is 4.52 Å². The van der Waals surface area contributed by atoms with Crippen LogP contribution in [0.15, 0.2) is 27.2 Å². The predicted molar refractivity (Wildman–Crippen MR) is 82.2 cm³/mol. The summed E-state index contributed by atoms with van der Waals surface area (Å²) in [6.45, 7) is 2.25. The molecular weight excluding hydrogens is 318 g/mol. The van der Waals surface area contributed by atoms with Crippen LogP contribution in [0.3, 0.4) is 0 Å². The molecule has 2 unspecified atom stereocenters. The lowest BCUT2D eigenvalue weighted by molar-refractivity contribution is 0.413. The Balaban J connectivity index is 1.81. The lowest BCUT2D eigenvalue weighted by Gasteiger charge is -2.04. The van der Waals surface area contributed by atoms with Gasteiger partial charge in [-0.3, -0.25) is 0 Å². The van der Waals surface area contributed by atoms with Crippen molar-refractivity contribution in [2.45, 2.75) is 38.5 Å². The van der Waals surface area contributed by atoms with Gasteiger partial charge in [-0.1, -0.05) is 18.5 Å². The second kappa shape index (κ2) is 5.56. The van der Waals surface area contributed by atoms with Crippen molar-refractivity contribution in [3.05, 3.63) is 28.5 Å². The Kier molecular flexibility index (Phi) is 3.78. The molecule has 5 heteroatoms. The van der Waals surface area contributed by atoms with Crippen molar-refractivity contribution in [2.24, 2.45) is 5.92 Å². The second-order valence-corrected chi connectivity index (χ2v) is 6.33. The summed E-state index contributed by atoms with van der Waals surface area (Å²) in [6, 6.07) is 5.66. The maximum atomic E-state index is 5.79. The van der Waals surface area contributed by atoms with E-state index in [-0.39, 0.29) is 0 Å². The van der Waals surface area contributed by atoms with Gasteiger partial charge in [0.05, 0.1) is 0 Å². The fraction of sp³-hybridized carbons (Fsp3) is 0.467. The van der Waals surface area contributed by atoms with Crippen LogP contribution in [0.1, 0.15) is 44.3 Å². The van der Waals surface area contributed by atoms with Crippen molar-refractivity contribution in [1.29, 1.82) is 0 Å². The average Bonchev–Trinajstić information content (AvgIpc) is 3.09. The zero-order chi connectivity index (χ0) is 14.1. The van der Waals surface area contributed by atoms with Crippen molar-refractivity contribution in [3.8, 4) is 11.5 Å². The number of aromatic nitrogens is 2. The van der Waals surface area contributed by atoms with Gasteiger partial charge in [0.1, 0.15) is 0 Å². The van der Waals surface area contributed by atoms with Gasteiger partial charge in [-0.25, -0.2) is 0 Å². The third-order valence-corrected chi connectivity index (χ3v) is 4.86. The fourth-order valence-corrected chi connectivity index (χ4v) is 3.24. The highest BCUT2D eigenvalue weighted by Crippen LogP contribution is 2.39. The van der Waals surface area contributed by atoms with E-state index in [2.05, 4.69) is 33.0 Å². The molecule has 0 spiro atoms. The Morgan fingerprint density at radius 2 is 2.25 bits per heavy atom. The third-order valence-electron chi connectivity index (χ3n) is 4.17. The average molecular weight is 336 g/mol. The fourth-order valence-electron chi connectivity index (χ4n) is 2.86. The molecule has 0 saturated heterocycles. The lowest BCUT2D eigenvalue weighted by Crippen LogP contribution is -1.97. The van der Waals surface area contributed by atoms with Gasteiger partial charge >= 0.3 is 0 Å². The van der Waals surface area contributed by atoms with E-state index in [1.165, 1.54) is 25.7 Å². The molecule has 0 radical (unpaired) electrons. The quantitative estimate of drug-likeness (QED) is 0.845. The van der Waals surface area contributed by atoms with E-state index in [1.54, 1.807) is 0 Å². The van der Waals surface area contributed by atoms with Gasteiger partial charge in [0.25, 0.3) is 5.89 Å². The molecule has 1 aromatic heterocycles. The van der Waals surface area contributed by atoms with Crippen LogP contribution in [0.4, 0.5) is 5.69 Å². The van der Waals surface area contributed by atoms with Crippen molar-refractivity contribution in [2.75, 3.05) is 5.73 Å². The molecule has 1 heterocycles. The Hall–Kier alpha value is -1.36. The summed E-state index contributed by atoms with van der Waals surface area (Å²) in [4.78, 5) is 4.56. The molecule has 1 aromatic carbocycles. The van der Waals surface area contributed by atoms with Crippen LogP contribution in [-0.2, 0) is 0 Å². The number of hydrogen-bond acceptors (Lipinski definition) is 4. The van der Waals surface area contributed by atoms with Gasteiger partial charge in [0, 0.05) is 21.6 Å². The molecule has 20 heavy (non-hydrogen) atoms. The smallest absolute Gasteiger partial charge is 0.257 e. The number of benzene rings is 1. The standard InChI is InChI=1S/C15H18BrN3O/c1-2-9-3-4-10(7-9)14-18-15(20-19-14)11-5-6-13(17)12(16)8-11/h5-6,8-10H,2-4,7,17H2,1H3. The summed E-state index contributed by atoms with van der Waals surface area (Å²) >= 11 is 3.42. The van der Waals surface area contributed by atoms with Gasteiger partial charge in [0.2, 0.25) is 0 Å². The first-order valence-corrected chi connectivity index (χ1v) is 7.85. The monoisotopic (exact) mass is 335 g/mol. The van der Waals surface area contributed by atoms with Crippen LogP contribution < -0.4 is 5.73 Å². The predicted octanol–water partition coefficient (Wildman–Crippen LogP) is 4.38. The summed E-state index contributed by atoms with van der Waals surface area (Å²) < 4.78 is 6.25. The molecule has 2 aromatic rings. The van der Waals surface area contributed by atoms with Gasteiger partial charge in [0.15, 0.2) is 5.82 Å². The SMILES string of the molecule is CCC1CCC(c2noc(-c3ccc(N)c(Br)c3)n2)C1. The normalized spacial score (nSPS) is 22.3. The number of rotatable bonds is 3. The molecule has 2 atom stereocenters. The van der Waals surface area contributed by atoms with E-state index in [0.29, 0.717) is 17.5 Å². The van der Waals surface area contributed by atoms with Crippen LogP contribution in [-0.4, -0.2) is 10.1 Å². The van der Waals surface area contributed by atoms with Crippen LogP contribution in [0.5, 0.6) is 0 Å². The summed E-state index contributed by atoms with van der Waals surface area (Å²) in [6.07, 6.45) is 4.87. The number of nitrogens with two attached hydrogens (primary N) is 1. The van der Waals surface area contributed by atoms with Crippen LogP contribution in [0.25, 0.3) is 11.5 Å². The summed E-state index contributed by atoms with van der Waals surface area (Å²) in [5, 5.41) is 4.16. The molecule has 2 N–H and O–H groups in total. The van der Waals surface area contributed by atoms with Crippen LogP contribution in [0.2, 0.25) is 0 Å². The Morgan fingerprint density at radius 3 is 2.95 bits per heavy atom. The Bertz CT molecular complexity index is 611. The van der Waals surface area contributed by atoms with Gasteiger partial charge in [-0.15, -0.1) is 0 Å². The maximum Gasteiger partial charge on any atom is 0.257 e. The van der Waals surface area contributed by atoms with Crippen molar-refractivity contribution >= 4 is 21.6 Å². The summed E-state index contributed by atoms with van der Waals surface area (Å²) in [7, 11) is 0. The number of halogens is 1. The minimum Gasteiger partial charge on any atom is -0.398 e. The molecule has 1 saturated carbocycles. The molecule has 1 fully saturated rings. The van der Waals surface area contributed by atoms with Gasteiger partial charge in [-0.2, -0.15) is 4.98 Å². The van der Waals surface area contributed by atoms with Gasteiger partial charge in [-0.05, 0) is 59.3 Å². The van der Waals surface area contributed by atoms with E-state index in [4.69, 9.17) is 10.3 Å². The molecule has 0 aliphatic heterocycles. The lowest BCUT2D eigenvalue weighted by atomic mass is 10.0. The Labute approximate surface area is 126 Å². The number of hydrogen-bond donors (Lipinski definition) is 1. The first-order chi connectivity index (χ1) is 9.67. The zero-order valence-corrected chi connectivity index (χ0v) is 13.1. The third kappa shape index (κ3) is 2.59. The zero-order valence-electron chi connectivity index (χ0n) is 11.5. The van der Waals surface area contributed by atoms with E-state index < -0.39 is 0 Å². The minimum absolute atomic E-state index is 0.453. The number of nitrogens with zero attached hydrogens (tertiary/aromatic N) is 2. The van der Waals surface area contributed by atoms with Crippen molar-refractivity contribution in [3.63, 3.8) is 0 Å². The van der Waals surface area contributed by atoms with E-state index in [9.17, 15) is 0 Å². The first-order valence-electron chi connectivity index (χ1n) is 7.06. The molecule has 0 bridgehead atoms. The van der Waals surface area contributed by atoms with E-state index >= 15 is 0 Å². The number of nitrogen functional groups attached to an aromatic ring is 1. The molecule has 4 nitrogen and oxygen atoms in total. The van der Waals surface area contributed by atoms with Crippen LogP contribution >= 0.6 is 15.9 Å². The molecule has 3 rings (SSSR count). The molecular formula is C15H18BrN3O. The highest BCUT2D eigenvalue weighted by molar-refractivity contribution is 9.10. The highest BCUT2D eigenvalue weighted by atomic mass is 79.9. The molecule has 0 amide bonds. The second-order valence-electron chi connectivity index (χ2n) is 5.48. The summed E-state index contributed by atoms with van der Waals surface area (Å²) in [5.41, 5.74) is 7.39. The maximum absolute atomic E-state index is 5.79. The number of anilines is 1. The summed E-state index contributed by atoms with van der Waals surface area (Å²) in [5.74, 6) is 2.69. The minimum atomic E-state index is 0.453. The Morgan fingerprint density at radius 1 is 1.40 bits per heavy atom. The largest absolute Gasteiger partial charge is 0.398 e. The van der Waals surface area contributed by atoms with Gasteiger partial charge < -0.3 is 10.3 Å². The van der Waals surface area contributed by atoms with Crippen molar-refractivity contribution in [1.82, 2.24) is 10.1 Å².